The molecule has 2 aliphatic heterocycles. The summed E-state index contributed by atoms with van der Waals surface area (Å²) in [5.74, 6) is 0.0468. The third-order valence-electron chi connectivity index (χ3n) is 4.72. The molecule has 0 spiro atoms. The summed E-state index contributed by atoms with van der Waals surface area (Å²) in [5.41, 5.74) is 3.20. The summed E-state index contributed by atoms with van der Waals surface area (Å²) in [6, 6.07) is 5.71. The van der Waals surface area contributed by atoms with Gasteiger partial charge in [0.25, 0.3) is 0 Å². The summed E-state index contributed by atoms with van der Waals surface area (Å²) in [6.45, 7) is 1.36. The first-order valence-corrected chi connectivity index (χ1v) is 7.87. The number of nitriles is 1. The quantitative estimate of drug-likeness (QED) is 0.792. The normalized spacial score (nSPS) is 19.7. The van der Waals surface area contributed by atoms with Gasteiger partial charge in [-0.15, -0.1) is 0 Å². The average Bonchev–Trinajstić information content (AvgIpc) is 3.32. The topological polar surface area (TPSA) is 65.2 Å². The second kappa shape index (κ2) is 5.43. The fraction of sp³-hybridized carbons (Fsp3) is 0.353. The van der Waals surface area contributed by atoms with E-state index in [-0.39, 0.29) is 11.9 Å². The summed E-state index contributed by atoms with van der Waals surface area (Å²) < 4.78 is 1.98. The molecule has 0 saturated carbocycles. The zero-order chi connectivity index (χ0) is 15.8. The van der Waals surface area contributed by atoms with Crippen LogP contribution in [0.2, 0.25) is 0 Å². The number of aromatic nitrogens is 2. The van der Waals surface area contributed by atoms with Crippen molar-refractivity contribution in [2.75, 3.05) is 18.0 Å². The van der Waals surface area contributed by atoms with Crippen LogP contribution in [0.1, 0.15) is 18.4 Å². The van der Waals surface area contributed by atoms with Crippen molar-refractivity contribution in [2.45, 2.75) is 25.3 Å². The molecular formula is C17H17N5O. The number of rotatable bonds is 2. The molecule has 23 heavy (non-hydrogen) atoms. The maximum atomic E-state index is 12.9. The number of amides is 1. The number of hydrogen-bond acceptors (Lipinski definition) is 4. The van der Waals surface area contributed by atoms with Crippen molar-refractivity contribution < 1.29 is 4.79 Å². The number of benzene rings is 1. The molecule has 1 amide bonds. The summed E-state index contributed by atoms with van der Waals surface area (Å²) in [6.07, 6.45) is 10.1. The second-order valence-corrected chi connectivity index (χ2v) is 5.94. The molecule has 6 nitrogen and oxygen atoms in total. The Morgan fingerprint density at radius 3 is 2.96 bits per heavy atom. The minimum atomic E-state index is -0.303. The van der Waals surface area contributed by atoms with Crippen molar-refractivity contribution in [1.29, 1.82) is 5.26 Å². The Balaban J connectivity index is 1.68. The summed E-state index contributed by atoms with van der Waals surface area (Å²) >= 11 is 0. The number of anilines is 1. The molecule has 1 aromatic carbocycles. The van der Waals surface area contributed by atoms with Crippen molar-refractivity contribution in [2.24, 2.45) is 0 Å². The lowest BCUT2D eigenvalue weighted by molar-refractivity contribution is -0.121. The highest BCUT2D eigenvalue weighted by Crippen LogP contribution is 2.34. The number of fused-ring (bicyclic) bond motifs is 1. The number of imidazole rings is 1. The lowest BCUT2D eigenvalue weighted by Crippen LogP contribution is -2.43. The Kier molecular flexibility index (Phi) is 3.27. The minimum absolute atomic E-state index is 0.0468. The molecule has 1 unspecified atom stereocenters. The molecule has 3 heterocycles. The molecule has 0 radical (unpaired) electrons. The van der Waals surface area contributed by atoms with Gasteiger partial charge in [0.1, 0.15) is 6.04 Å². The van der Waals surface area contributed by atoms with E-state index in [1.807, 2.05) is 33.9 Å². The van der Waals surface area contributed by atoms with Gasteiger partial charge in [0.05, 0.1) is 12.0 Å². The van der Waals surface area contributed by atoms with Crippen LogP contribution in [0.5, 0.6) is 0 Å². The summed E-state index contributed by atoms with van der Waals surface area (Å²) in [5, 5.41) is 9.19. The fourth-order valence-electron chi connectivity index (χ4n) is 3.61. The number of likely N-dealkylation sites (tertiary alicyclic amines) is 1. The minimum Gasteiger partial charge on any atom is -0.310 e. The van der Waals surface area contributed by atoms with Crippen LogP contribution in [-0.2, 0) is 11.2 Å². The van der Waals surface area contributed by atoms with E-state index in [1.54, 1.807) is 17.4 Å². The van der Waals surface area contributed by atoms with E-state index < -0.39 is 0 Å². The Bertz CT molecular complexity index is 777. The zero-order valence-corrected chi connectivity index (χ0v) is 12.7. The summed E-state index contributed by atoms with van der Waals surface area (Å²) in [4.78, 5) is 20.4. The van der Waals surface area contributed by atoms with E-state index >= 15 is 0 Å². The fourth-order valence-corrected chi connectivity index (χ4v) is 3.61. The molecule has 1 fully saturated rings. The molecule has 1 atom stereocenters. The Morgan fingerprint density at radius 2 is 2.17 bits per heavy atom. The first kappa shape index (κ1) is 13.8. The lowest BCUT2D eigenvalue weighted by atomic mass is 10.1. The zero-order valence-electron chi connectivity index (χ0n) is 12.7. The molecule has 0 N–H and O–H groups in total. The van der Waals surface area contributed by atoms with Gasteiger partial charge in [-0.1, -0.05) is 6.07 Å². The molecule has 4 rings (SSSR count). The standard InChI is InChI=1S/C17H17N5O/c18-11-20-8-2-5-16(20)17(23)22-9-6-13-14(3-1-4-15(13)22)21-10-7-19-12-21/h1,3-4,7,10,12,16H,2,5-6,8-9H2. The SMILES string of the molecule is N#CN1CCCC1C(=O)N1CCc2c1cccc2-n1ccnc1. The molecule has 6 heteroatoms. The van der Waals surface area contributed by atoms with Crippen LogP contribution in [0, 0.1) is 11.5 Å². The number of hydrogen-bond donors (Lipinski definition) is 0. The van der Waals surface area contributed by atoms with Gasteiger partial charge in [-0.2, -0.15) is 5.26 Å². The van der Waals surface area contributed by atoms with Crippen LogP contribution in [0.25, 0.3) is 5.69 Å². The highest BCUT2D eigenvalue weighted by molar-refractivity contribution is 5.99. The van der Waals surface area contributed by atoms with E-state index in [4.69, 9.17) is 0 Å². The van der Waals surface area contributed by atoms with Gasteiger partial charge in [0.2, 0.25) is 5.91 Å². The second-order valence-electron chi connectivity index (χ2n) is 5.94. The van der Waals surface area contributed by atoms with Gasteiger partial charge in [-0.25, -0.2) is 4.98 Å². The van der Waals surface area contributed by atoms with Crippen molar-refractivity contribution >= 4 is 11.6 Å². The largest absolute Gasteiger partial charge is 0.310 e. The predicted molar refractivity (Wildman–Crippen MR) is 85.0 cm³/mol. The lowest BCUT2D eigenvalue weighted by Gasteiger charge is -2.25. The molecular weight excluding hydrogens is 290 g/mol. The maximum absolute atomic E-state index is 12.9. The van der Waals surface area contributed by atoms with E-state index in [9.17, 15) is 10.1 Å². The molecule has 2 aliphatic rings. The van der Waals surface area contributed by atoms with Crippen molar-refractivity contribution in [1.82, 2.24) is 14.5 Å². The molecule has 0 aliphatic carbocycles. The highest BCUT2D eigenvalue weighted by atomic mass is 16.2. The number of carbonyl (C=O) groups is 1. The monoisotopic (exact) mass is 307 g/mol. The average molecular weight is 307 g/mol. The third kappa shape index (κ3) is 2.16. The van der Waals surface area contributed by atoms with E-state index in [0.29, 0.717) is 13.1 Å². The highest BCUT2D eigenvalue weighted by Gasteiger charge is 2.36. The van der Waals surface area contributed by atoms with Gasteiger partial charge in [-0.3, -0.25) is 9.69 Å². The maximum Gasteiger partial charge on any atom is 0.250 e. The molecule has 2 aromatic rings. The van der Waals surface area contributed by atoms with Crippen LogP contribution < -0.4 is 4.90 Å². The molecule has 0 bridgehead atoms. The van der Waals surface area contributed by atoms with Crippen LogP contribution >= 0.6 is 0 Å². The first-order valence-electron chi connectivity index (χ1n) is 7.87. The van der Waals surface area contributed by atoms with Gasteiger partial charge >= 0.3 is 0 Å². The van der Waals surface area contributed by atoms with E-state index in [1.165, 1.54) is 5.56 Å². The van der Waals surface area contributed by atoms with E-state index in [2.05, 4.69) is 11.2 Å². The molecule has 116 valence electrons. The Hall–Kier alpha value is -2.81. The molecule has 1 saturated heterocycles. The van der Waals surface area contributed by atoms with Gasteiger partial charge in [0.15, 0.2) is 6.19 Å². The Morgan fingerprint density at radius 1 is 1.30 bits per heavy atom. The van der Waals surface area contributed by atoms with Crippen molar-refractivity contribution in [3.05, 3.63) is 42.5 Å². The molecule has 1 aromatic heterocycles. The van der Waals surface area contributed by atoms with Crippen LogP contribution in [0.4, 0.5) is 5.69 Å². The summed E-state index contributed by atoms with van der Waals surface area (Å²) in [7, 11) is 0. The van der Waals surface area contributed by atoms with Crippen molar-refractivity contribution in [3.63, 3.8) is 0 Å². The predicted octanol–water partition coefficient (Wildman–Crippen LogP) is 1.71. The van der Waals surface area contributed by atoms with Crippen molar-refractivity contribution in [3.8, 4) is 11.9 Å². The van der Waals surface area contributed by atoms with Crippen LogP contribution in [0.15, 0.2) is 36.9 Å². The number of carbonyl (C=O) groups excluding carboxylic acids is 1. The van der Waals surface area contributed by atoms with Crippen LogP contribution in [-0.4, -0.2) is 39.5 Å². The third-order valence-corrected chi connectivity index (χ3v) is 4.72. The Labute approximate surface area is 134 Å². The van der Waals surface area contributed by atoms with Crippen LogP contribution in [0.3, 0.4) is 0 Å². The van der Waals surface area contributed by atoms with E-state index in [0.717, 1.165) is 30.6 Å². The number of nitrogens with zero attached hydrogens (tertiary/aromatic N) is 5. The smallest absolute Gasteiger partial charge is 0.250 e. The van der Waals surface area contributed by atoms with Gasteiger partial charge in [-0.05, 0) is 31.4 Å². The first-order chi connectivity index (χ1) is 11.3. The van der Waals surface area contributed by atoms with Gasteiger partial charge in [0, 0.05) is 36.7 Å². The van der Waals surface area contributed by atoms with Gasteiger partial charge < -0.3 is 9.47 Å².